The first-order valence-corrected chi connectivity index (χ1v) is 6.94. The van der Waals surface area contributed by atoms with Crippen LogP contribution in [0.1, 0.15) is 11.4 Å². The van der Waals surface area contributed by atoms with Crippen molar-refractivity contribution in [2.45, 2.75) is 19.4 Å². The maximum absolute atomic E-state index is 11.1. The van der Waals surface area contributed by atoms with Crippen LogP contribution in [0, 0.1) is 0 Å². The number of nitrogens with zero attached hydrogens (tertiary/aromatic N) is 2. The van der Waals surface area contributed by atoms with Crippen LogP contribution >= 0.6 is 0 Å². The first-order valence-electron chi connectivity index (χ1n) is 6.94. The fourth-order valence-corrected chi connectivity index (χ4v) is 2.53. The van der Waals surface area contributed by atoms with Gasteiger partial charge in [0.15, 0.2) is 0 Å². The number of hydrogen-bond acceptors (Lipinski definition) is 2. The molecule has 1 heterocycles. The van der Waals surface area contributed by atoms with Crippen molar-refractivity contribution in [3.8, 4) is 0 Å². The summed E-state index contributed by atoms with van der Waals surface area (Å²) in [6.07, 6.45) is 1.58. The smallest absolute Gasteiger partial charge is 0.323 e. The van der Waals surface area contributed by atoms with Crippen LogP contribution in [0.3, 0.4) is 0 Å². The summed E-state index contributed by atoms with van der Waals surface area (Å²) in [5.74, 6) is -0.0263. The third-order valence-corrected chi connectivity index (χ3v) is 3.51. The van der Waals surface area contributed by atoms with Crippen molar-refractivity contribution in [2.24, 2.45) is 0 Å². The number of hydrogen-bond donors (Lipinski definition) is 1. The molecule has 0 bridgehead atoms. The number of benzene rings is 2. The van der Waals surface area contributed by atoms with Gasteiger partial charge in [-0.05, 0) is 24.1 Å². The van der Waals surface area contributed by atoms with E-state index in [0.717, 1.165) is 29.7 Å². The first kappa shape index (κ1) is 13.4. The number of carboxylic acids is 1. The van der Waals surface area contributed by atoms with E-state index < -0.39 is 5.97 Å². The second kappa shape index (κ2) is 5.79. The van der Waals surface area contributed by atoms with Crippen LogP contribution in [0.15, 0.2) is 54.6 Å². The fraction of sp³-hybridized carbons (Fsp3) is 0.176. The molecule has 21 heavy (non-hydrogen) atoms. The van der Waals surface area contributed by atoms with Gasteiger partial charge in [-0.3, -0.25) is 4.79 Å². The SMILES string of the molecule is O=C(O)Cn1c(CCc2ccccc2)nc2ccccc21. The molecule has 4 heteroatoms. The van der Waals surface area contributed by atoms with Crippen LogP contribution < -0.4 is 0 Å². The first-order chi connectivity index (χ1) is 10.2. The monoisotopic (exact) mass is 280 g/mol. The molecule has 0 aliphatic rings. The summed E-state index contributed by atoms with van der Waals surface area (Å²) in [6.45, 7) is -0.0510. The maximum atomic E-state index is 11.1. The predicted octanol–water partition coefficient (Wildman–Crippen LogP) is 2.91. The van der Waals surface area contributed by atoms with Gasteiger partial charge in [0.25, 0.3) is 0 Å². The molecule has 106 valence electrons. The Morgan fingerprint density at radius 2 is 1.71 bits per heavy atom. The molecule has 2 aromatic carbocycles. The van der Waals surface area contributed by atoms with Gasteiger partial charge in [-0.15, -0.1) is 0 Å². The Morgan fingerprint density at radius 3 is 2.48 bits per heavy atom. The molecule has 4 nitrogen and oxygen atoms in total. The van der Waals surface area contributed by atoms with E-state index in [4.69, 9.17) is 5.11 Å². The topological polar surface area (TPSA) is 55.1 Å². The summed E-state index contributed by atoms with van der Waals surface area (Å²) in [6, 6.07) is 17.8. The number of aromatic nitrogens is 2. The zero-order chi connectivity index (χ0) is 14.7. The molecular weight excluding hydrogens is 264 g/mol. The molecule has 1 N–H and O–H groups in total. The Kier molecular flexibility index (Phi) is 3.69. The summed E-state index contributed by atoms with van der Waals surface area (Å²) in [4.78, 5) is 15.7. The lowest BCUT2D eigenvalue weighted by atomic mass is 10.1. The summed E-state index contributed by atoms with van der Waals surface area (Å²) >= 11 is 0. The van der Waals surface area contributed by atoms with E-state index in [9.17, 15) is 4.79 Å². The summed E-state index contributed by atoms with van der Waals surface area (Å²) < 4.78 is 1.79. The zero-order valence-electron chi connectivity index (χ0n) is 11.6. The predicted molar refractivity (Wildman–Crippen MR) is 81.2 cm³/mol. The van der Waals surface area contributed by atoms with Gasteiger partial charge in [0.1, 0.15) is 12.4 Å². The summed E-state index contributed by atoms with van der Waals surface area (Å²) in [5.41, 5.74) is 2.95. The van der Waals surface area contributed by atoms with Crippen LogP contribution in [-0.2, 0) is 24.2 Å². The Morgan fingerprint density at radius 1 is 1.00 bits per heavy atom. The van der Waals surface area contributed by atoms with Crippen molar-refractivity contribution in [3.05, 3.63) is 66.0 Å². The van der Waals surface area contributed by atoms with Crippen LogP contribution in [0.25, 0.3) is 11.0 Å². The standard InChI is InChI=1S/C17H16N2O2/c20-17(21)12-19-15-9-5-4-8-14(15)18-16(19)11-10-13-6-2-1-3-7-13/h1-9H,10-12H2,(H,20,21). The molecule has 1 aromatic heterocycles. The van der Waals surface area contributed by atoms with Gasteiger partial charge in [0.2, 0.25) is 0 Å². The number of rotatable bonds is 5. The molecule has 0 unspecified atom stereocenters. The molecule has 0 fully saturated rings. The number of imidazole rings is 1. The van der Waals surface area contributed by atoms with Crippen LogP contribution in [0.5, 0.6) is 0 Å². The minimum Gasteiger partial charge on any atom is -0.480 e. The second-order valence-electron chi connectivity index (χ2n) is 4.98. The van der Waals surface area contributed by atoms with Crippen LogP contribution in [-0.4, -0.2) is 20.6 Å². The number of para-hydroxylation sites is 2. The Hall–Kier alpha value is -2.62. The van der Waals surface area contributed by atoms with E-state index in [0.29, 0.717) is 0 Å². The van der Waals surface area contributed by atoms with E-state index in [1.54, 1.807) is 4.57 Å². The van der Waals surface area contributed by atoms with Crippen molar-refractivity contribution < 1.29 is 9.90 Å². The molecule has 3 rings (SSSR count). The number of carbonyl (C=O) groups is 1. The molecular formula is C17H16N2O2. The fourth-order valence-electron chi connectivity index (χ4n) is 2.53. The van der Waals surface area contributed by atoms with E-state index in [-0.39, 0.29) is 6.54 Å². The Bertz CT molecular complexity index is 763. The average Bonchev–Trinajstić information content (AvgIpc) is 2.84. The summed E-state index contributed by atoms with van der Waals surface area (Å²) in [7, 11) is 0. The van der Waals surface area contributed by atoms with Crippen molar-refractivity contribution in [1.29, 1.82) is 0 Å². The van der Waals surface area contributed by atoms with Gasteiger partial charge in [-0.2, -0.15) is 0 Å². The van der Waals surface area contributed by atoms with Crippen LogP contribution in [0.2, 0.25) is 0 Å². The lowest BCUT2D eigenvalue weighted by molar-refractivity contribution is -0.137. The van der Waals surface area contributed by atoms with Crippen molar-refractivity contribution in [2.75, 3.05) is 0 Å². The van der Waals surface area contributed by atoms with E-state index in [2.05, 4.69) is 17.1 Å². The Labute approximate surface area is 122 Å². The molecule has 0 radical (unpaired) electrons. The lowest BCUT2D eigenvalue weighted by Crippen LogP contribution is -2.12. The van der Waals surface area contributed by atoms with Crippen molar-refractivity contribution in [3.63, 3.8) is 0 Å². The molecule has 0 amide bonds. The van der Waals surface area contributed by atoms with E-state index in [1.165, 1.54) is 5.56 Å². The zero-order valence-corrected chi connectivity index (χ0v) is 11.6. The molecule has 0 aliphatic heterocycles. The molecule has 0 saturated heterocycles. The number of carboxylic acid groups (broad SMARTS) is 1. The molecule has 0 aliphatic carbocycles. The largest absolute Gasteiger partial charge is 0.480 e. The minimum atomic E-state index is -0.848. The normalized spacial score (nSPS) is 10.9. The van der Waals surface area contributed by atoms with Gasteiger partial charge in [0, 0.05) is 6.42 Å². The summed E-state index contributed by atoms with van der Waals surface area (Å²) in [5, 5.41) is 9.11. The Balaban J connectivity index is 1.91. The van der Waals surface area contributed by atoms with Gasteiger partial charge in [0.05, 0.1) is 11.0 Å². The maximum Gasteiger partial charge on any atom is 0.323 e. The third kappa shape index (κ3) is 2.94. The highest BCUT2D eigenvalue weighted by Crippen LogP contribution is 2.17. The van der Waals surface area contributed by atoms with Crippen molar-refractivity contribution >= 4 is 17.0 Å². The second-order valence-corrected chi connectivity index (χ2v) is 4.98. The molecule has 3 aromatic rings. The van der Waals surface area contributed by atoms with E-state index in [1.807, 2.05) is 42.5 Å². The molecule has 0 atom stereocenters. The highest BCUT2D eigenvalue weighted by molar-refractivity contribution is 5.78. The quantitative estimate of drug-likeness (QED) is 0.781. The van der Waals surface area contributed by atoms with E-state index >= 15 is 0 Å². The average molecular weight is 280 g/mol. The number of aliphatic carboxylic acids is 1. The van der Waals surface area contributed by atoms with Crippen LogP contribution in [0.4, 0.5) is 0 Å². The third-order valence-electron chi connectivity index (χ3n) is 3.51. The minimum absolute atomic E-state index is 0.0510. The number of aryl methyl sites for hydroxylation is 2. The van der Waals surface area contributed by atoms with Gasteiger partial charge >= 0.3 is 5.97 Å². The van der Waals surface area contributed by atoms with Gasteiger partial charge in [-0.25, -0.2) is 4.98 Å². The highest BCUT2D eigenvalue weighted by atomic mass is 16.4. The lowest BCUT2D eigenvalue weighted by Gasteiger charge is -2.06. The van der Waals surface area contributed by atoms with Gasteiger partial charge in [-0.1, -0.05) is 42.5 Å². The van der Waals surface area contributed by atoms with Crippen molar-refractivity contribution in [1.82, 2.24) is 9.55 Å². The highest BCUT2D eigenvalue weighted by Gasteiger charge is 2.12. The molecule has 0 saturated carbocycles. The van der Waals surface area contributed by atoms with Gasteiger partial charge < -0.3 is 9.67 Å². The number of fused-ring (bicyclic) bond motifs is 1. The molecule has 0 spiro atoms.